The number of hydrogen-bond acceptors (Lipinski definition) is 1. The molecule has 22 heavy (non-hydrogen) atoms. The normalized spacial score (nSPS) is 10.5. The van der Waals surface area contributed by atoms with Gasteiger partial charge in [-0.05, 0) is 10.8 Å². The molecule has 0 unspecified atom stereocenters. The molecule has 0 radical (unpaired) electrons. The summed E-state index contributed by atoms with van der Waals surface area (Å²) in [5, 5.41) is 6.60. The molecule has 0 spiro atoms. The van der Waals surface area contributed by atoms with Crippen LogP contribution in [0.3, 0.4) is 0 Å². The molecule has 0 heterocycles. The van der Waals surface area contributed by atoms with E-state index in [-0.39, 0.29) is 37.7 Å². The summed E-state index contributed by atoms with van der Waals surface area (Å²) in [5.74, 6) is 0. The van der Waals surface area contributed by atoms with Crippen LogP contribution in [0.1, 0.15) is 5.56 Å². The summed E-state index contributed by atoms with van der Waals surface area (Å²) in [6.45, 7) is 3.99. The molecule has 0 aliphatic rings. The molecule has 3 rings (SSSR count). The van der Waals surface area contributed by atoms with Crippen molar-refractivity contribution in [1.82, 2.24) is 0 Å². The van der Waals surface area contributed by atoms with Crippen LogP contribution in [0.15, 0.2) is 77.9 Å². The van der Waals surface area contributed by atoms with Gasteiger partial charge in [-0.1, -0.05) is 60.7 Å². The zero-order chi connectivity index (χ0) is 13.8. The van der Waals surface area contributed by atoms with Gasteiger partial charge in [0.25, 0.3) is 0 Å². The zero-order valence-corrected chi connectivity index (χ0v) is 13.0. The van der Waals surface area contributed by atoms with Gasteiger partial charge in [-0.25, -0.2) is 6.92 Å². The Balaban J connectivity index is 0.00000121. The number of benzene rings is 3. The van der Waals surface area contributed by atoms with Crippen molar-refractivity contribution < 1.29 is 37.7 Å². The van der Waals surface area contributed by atoms with Crippen LogP contribution in [-0.4, -0.2) is 5.71 Å². The maximum Gasteiger partial charge on any atom is 1.00 e. The van der Waals surface area contributed by atoms with Gasteiger partial charge >= 0.3 is 37.7 Å². The summed E-state index contributed by atoms with van der Waals surface area (Å²) in [4.78, 5) is 0. The van der Waals surface area contributed by atoms with Gasteiger partial charge in [0.2, 0.25) is 0 Å². The number of rotatable bonds is 3. The second-order valence-corrected chi connectivity index (χ2v) is 4.54. The van der Waals surface area contributed by atoms with Gasteiger partial charge in [0.15, 0.2) is 0 Å². The monoisotopic (exact) mass is 272 g/mol. The van der Waals surface area contributed by atoms with Gasteiger partial charge in [-0.2, -0.15) is 5.56 Å². The van der Waals surface area contributed by atoms with E-state index in [4.69, 9.17) is 0 Å². The third kappa shape index (κ3) is 4.47. The number of fused-ring (bicyclic) bond motifs is 1. The Kier molecular flexibility index (Phi) is 7.39. The van der Waals surface area contributed by atoms with Gasteiger partial charge < -0.3 is 10.5 Å². The quantitative estimate of drug-likeness (QED) is 0.255. The summed E-state index contributed by atoms with van der Waals surface area (Å²) in [7, 11) is 0. The average molecular weight is 272 g/mol. The minimum atomic E-state index is 0. The summed E-state index contributed by atoms with van der Waals surface area (Å²) >= 11 is 0. The van der Waals surface area contributed by atoms with E-state index in [1.807, 2.05) is 48.5 Å². The Hall–Kier alpha value is -1.55. The summed E-state index contributed by atoms with van der Waals surface area (Å²) in [6, 6.07) is 24.1. The first-order valence-electron chi connectivity index (χ1n) is 6.48. The summed E-state index contributed by atoms with van der Waals surface area (Å²) in [6.07, 6.45) is 0. The molecule has 0 amide bonds. The van der Waals surface area contributed by atoms with Crippen molar-refractivity contribution in [3.63, 3.8) is 0 Å². The van der Waals surface area contributed by atoms with E-state index < -0.39 is 0 Å². The average Bonchev–Trinajstić information content (AvgIpc) is 2.53. The topological polar surface area (TPSA) is 26.5 Å². The van der Waals surface area contributed by atoms with E-state index in [1.54, 1.807) is 0 Å². The summed E-state index contributed by atoms with van der Waals surface area (Å²) in [5.41, 5.74) is 6.67. The molecular weight excluding hydrogens is 258 g/mol. The second-order valence-electron chi connectivity index (χ2n) is 4.54. The van der Waals surface area contributed by atoms with Gasteiger partial charge in [0.1, 0.15) is 0 Å². The smallest absolute Gasteiger partial charge is 0.578 e. The Labute approximate surface area is 155 Å². The van der Waals surface area contributed by atoms with Crippen molar-refractivity contribution in [2.45, 2.75) is 0 Å². The Morgan fingerprint density at radius 1 is 0.773 bits per heavy atom. The third-order valence-corrected chi connectivity index (χ3v) is 3.13. The Bertz CT molecular complexity index is 755. The van der Waals surface area contributed by atoms with Gasteiger partial charge in [-0.3, -0.25) is 0 Å². The second kappa shape index (κ2) is 8.79. The third-order valence-electron chi connectivity index (χ3n) is 3.13. The van der Waals surface area contributed by atoms with Crippen molar-refractivity contribution in [2.75, 3.05) is 0 Å². The van der Waals surface area contributed by atoms with E-state index in [9.17, 15) is 0 Å². The molecule has 0 aliphatic heterocycles. The zero-order valence-electron chi connectivity index (χ0n) is 13.0. The maximum absolute atomic E-state index is 4.20. The van der Waals surface area contributed by atoms with Crippen LogP contribution in [0.25, 0.3) is 16.2 Å². The molecule has 98 valence electrons. The first kappa shape index (κ1) is 18.5. The van der Waals surface area contributed by atoms with Crippen molar-refractivity contribution in [1.29, 1.82) is 0 Å². The van der Waals surface area contributed by atoms with Gasteiger partial charge in [-0.15, -0.1) is 23.5 Å². The van der Waals surface area contributed by atoms with Crippen LogP contribution in [0, 0.1) is 6.92 Å². The fourth-order valence-electron chi connectivity index (χ4n) is 2.04. The molecule has 3 aromatic rings. The van der Waals surface area contributed by atoms with E-state index in [2.05, 4.69) is 41.7 Å². The molecule has 0 atom stereocenters. The predicted octanol–water partition coefficient (Wildman–Crippen LogP) is -0.909. The van der Waals surface area contributed by atoms with Crippen LogP contribution in [0.2, 0.25) is 0 Å². The first-order chi connectivity index (χ1) is 9.83. The molecule has 2 nitrogen and oxygen atoms in total. The van der Waals surface area contributed by atoms with Crippen molar-refractivity contribution >= 4 is 22.2 Å². The molecule has 3 aromatic carbocycles. The minimum absolute atomic E-state index is 0. The minimum Gasteiger partial charge on any atom is -0.578 e. The molecule has 0 saturated heterocycles. The molecule has 0 fully saturated rings. The Morgan fingerprint density at radius 3 is 2.14 bits per heavy atom. The maximum atomic E-state index is 4.20. The first-order valence-corrected chi connectivity index (χ1v) is 6.48. The molecular formula is C18H14Li2N2. The van der Waals surface area contributed by atoms with Crippen LogP contribution in [0.5, 0.6) is 0 Å². The van der Waals surface area contributed by atoms with E-state index >= 15 is 0 Å². The van der Waals surface area contributed by atoms with E-state index in [0.29, 0.717) is 5.71 Å². The fourth-order valence-corrected chi connectivity index (χ4v) is 2.04. The predicted molar refractivity (Wildman–Crippen MR) is 85.3 cm³/mol. The van der Waals surface area contributed by atoms with Crippen LogP contribution in [-0.2, 0) is 0 Å². The van der Waals surface area contributed by atoms with E-state index in [0.717, 1.165) is 11.3 Å². The molecule has 4 heteroatoms. The van der Waals surface area contributed by atoms with Crippen LogP contribution in [0.4, 0.5) is 5.69 Å². The summed E-state index contributed by atoms with van der Waals surface area (Å²) < 4.78 is 0. The van der Waals surface area contributed by atoms with Crippen molar-refractivity contribution in [3.8, 4) is 0 Å². The fraction of sp³-hybridized carbons (Fsp3) is 0. The Morgan fingerprint density at radius 2 is 1.41 bits per heavy atom. The van der Waals surface area contributed by atoms with Crippen LogP contribution < -0.4 is 37.7 Å². The van der Waals surface area contributed by atoms with Gasteiger partial charge in [0.05, 0.1) is 0 Å². The van der Waals surface area contributed by atoms with Crippen molar-refractivity contribution in [3.05, 3.63) is 90.7 Å². The SMILES string of the molecule is [CH2-]/C(=N\[N-]c1ccccc1)c1ccc2ccccc2c1.[Li+].[Li+]. The number of hydrogen-bond donors (Lipinski definition) is 0. The van der Waals surface area contributed by atoms with E-state index in [1.165, 1.54) is 10.8 Å². The molecule has 0 aliphatic carbocycles. The van der Waals surface area contributed by atoms with Gasteiger partial charge in [0, 0.05) is 0 Å². The molecule has 0 N–H and O–H groups in total. The molecule has 0 aromatic heterocycles. The molecule has 0 bridgehead atoms. The van der Waals surface area contributed by atoms with Crippen molar-refractivity contribution in [2.24, 2.45) is 5.10 Å². The molecule has 0 saturated carbocycles. The van der Waals surface area contributed by atoms with Crippen LogP contribution >= 0.6 is 0 Å². The number of nitrogens with zero attached hydrogens (tertiary/aromatic N) is 2. The standard InChI is InChI=1S/C18H14N2.2Li/c1-14(19-20-18-9-3-2-4-10-18)16-12-11-15-7-5-6-8-17(15)13-16;;/h2-13H,1H2;;/q-2;2*+1/b19-14+;;. The largest absolute Gasteiger partial charge is 1.00 e.